The molecule has 0 bridgehead atoms. The van der Waals surface area contributed by atoms with Crippen molar-refractivity contribution < 1.29 is 9.13 Å². The molecule has 112 valence electrons. The van der Waals surface area contributed by atoms with Crippen LogP contribution in [0.3, 0.4) is 0 Å². The van der Waals surface area contributed by atoms with E-state index in [0.717, 1.165) is 29.7 Å². The van der Waals surface area contributed by atoms with Crippen LogP contribution in [-0.2, 0) is 13.0 Å². The Morgan fingerprint density at radius 3 is 2.48 bits per heavy atom. The molecule has 1 atom stereocenters. The van der Waals surface area contributed by atoms with Crippen molar-refractivity contribution in [1.82, 2.24) is 0 Å². The number of benzene rings is 2. The minimum absolute atomic E-state index is 0.213. The monoisotopic (exact) mass is 287 g/mol. The number of nitrogens with two attached hydrogens (primary N) is 1. The molecule has 1 unspecified atom stereocenters. The third kappa shape index (κ3) is 4.87. The second-order valence-electron chi connectivity index (χ2n) is 5.52. The summed E-state index contributed by atoms with van der Waals surface area (Å²) in [5.74, 6) is 0.609. The van der Waals surface area contributed by atoms with Crippen LogP contribution in [-0.4, -0.2) is 6.04 Å². The molecule has 2 aromatic rings. The average molecular weight is 287 g/mol. The zero-order valence-electron chi connectivity index (χ0n) is 12.6. The third-order valence-electron chi connectivity index (χ3n) is 3.51. The van der Waals surface area contributed by atoms with Gasteiger partial charge in [-0.25, -0.2) is 4.39 Å². The first-order chi connectivity index (χ1) is 10.0. The van der Waals surface area contributed by atoms with E-state index in [9.17, 15) is 4.39 Å². The molecule has 0 aliphatic heterocycles. The summed E-state index contributed by atoms with van der Waals surface area (Å²) in [7, 11) is 0. The van der Waals surface area contributed by atoms with Crippen LogP contribution in [0.5, 0.6) is 5.75 Å². The zero-order chi connectivity index (χ0) is 15.2. The highest BCUT2D eigenvalue weighted by molar-refractivity contribution is 5.29. The molecule has 2 N–H and O–H groups in total. The maximum absolute atomic E-state index is 13.0. The normalized spacial score (nSPS) is 12.2. The van der Waals surface area contributed by atoms with Gasteiger partial charge in [-0.1, -0.05) is 18.2 Å². The fourth-order valence-corrected chi connectivity index (χ4v) is 2.13. The quantitative estimate of drug-likeness (QED) is 0.871. The van der Waals surface area contributed by atoms with E-state index in [1.807, 2.05) is 26.0 Å². The Labute approximate surface area is 125 Å². The largest absolute Gasteiger partial charge is 0.489 e. The van der Waals surface area contributed by atoms with Gasteiger partial charge in [0.05, 0.1) is 0 Å². The van der Waals surface area contributed by atoms with Crippen LogP contribution in [0, 0.1) is 12.7 Å². The van der Waals surface area contributed by atoms with Crippen LogP contribution in [0.15, 0.2) is 42.5 Å². The first-order valence-corrected chi connectivity index (χ1v) is 7.27. The molecule has 0 radical (unpaired) electrons. The maximum atomic E-state index is 13.0. The molecule has 0 fully saturated rings. The molecule has 0 aromatic heterocycles. The van der Waals surface area contributed by atoms with E-state index < -0.39 is 0 Å². The highest BCUT2D eigenvalue weighted by Gasteiger charge is 2.02. The van der Waals surface area contributed by atoms with E-state index in [0.29, 0.717) is 6.61 Å². The van der Waals surface area contributed by atoms with Gasteiger partial charge in [0.25, 0.3) is 0 Å². The lowest BCUT2D eigenvalue weighted by Gasteiger charge is -2.10. The summed E-state index contributed by atoms with van der Waals surface area (Å²) >= 11 is 0. The SMILES string of the molecule is Cc1cc(F)ccc1COc1ccc(CCC(C)N)cc1. The van der Waals surface area contributed by atoms with E-state index in [4.69, 9.17) is 10.5 Å². The molecule has 0 saturated heterocycles. The fourth-order valence-electron chi connectivity index (χ4n) is 2.13. The first-order valence-electron chi connectivity index (χ1n) is 7.27. The summed E-state index contributed by atoms with van der Waals surface area (Å²) in [4.78, 5) is 0. The third-order valence-corrected chi connectivity index (χ3v) is 3.51. The Bertz CT molecular complexity index is 578. The van der Waals surface area contributed by atoms with Crippen molar-refractivity contribution in [3.05, 3.63) is 65.0 Å². The van der Waals surface area contributed by atoms with Gasteiger partial charge in [0.1, 0.15) is 18.2 Å². The molecular weight excluding hydrogens is 265 g/mol. The standard InChI is InChI=1S/C18H22FNO/c1-13-11-17(19)8-7-16(13)12-21-18-9-5-15(6-10-18)4-3-14(2)20/h5-11,14H,3-4,12,20H2,1-2H3. The fraction of sp³-hybridized carbons (Fsp3) is 0.333. The van der Waals surface area contributed by atoms with Crippen LogP contribution in [0.1, 0.15) is 30.0 Å². The van der Waals surface area contributed by atoms with Crippen molar-refractivity contribution in [3.63, 3.8) is 0 Å². The predicted octanol–water partition coefficient (Wildman–Crippen LogP) is 3.99. The van der Waals surface area contributed by atoms with Gasteiger partial charge < -0.3 is 10.5 Å². The van der Waals surface area contributed by atoms with Crippen LogP contribution in [0.4, 0.5) is 4.39 Å². The molecule has 0 aliphatic carbocycles. The summed E-state index contributed by atoms with van der Waals surface area (Å²) in [6.07, 6.45) is 1.96. The summed E-state index contributed by atoms with van der Waals surface area (Å²) in [6, 6.07) is 13.0. The van der Waals surface area contributed by atoms with E-state index in [2.05, 4.69) is 12.1 Å². The van der Waals surface area contributed by atoms with Gasteiger partial charge in [0, 0.05) is 6.04 Å². The van der Waals surface area contributed by atoms with Crippen molar-refractivity contribution in [1.29, 1.82) is 0 Å². The first kappa shape index (κ1) is 15.5. The van der Waals surface area contributed by atoms with Crippen LogP contribution in [0.2, 0.25) is 0 Å². The van der Waals surface area contributed by atoms with Crippen molar-refractivity contribution in [2.75, 3.05) is 0 Å². The summed E-state index contributed by atoms with van der Waals surface area (Å²) < 4.78 is 18.8. The van der Waals surface area contributed by atoms with Crippen molar-refractivity contribution >= 4 is 0 Å². The second kappa shape index (κ2) is 7.23. The molecule has 0 heterocycles. The lowest BCUT2D eigenvalue weighted by molar-refractivity contribution is 0.305. The lowest BCUT2D eigenvalue weighted by atomic mass is 10.1. The Morgan fingerprint density at radius 2 is 1.86 bits per heavy atom. The van der Waals surface area contributed by atoms with Gasteiger partial charge in [-0.15, -0.1) is 0 Å². The van der Waals surface area contributed by atoms with Gasteiger partial charge in [0.2, 0.25) is 0 Å². The highest BCUT2D eigenvalue weighted by atomic mass is 19.1. The minimum atomic E-state index is -0.213. The topological polar surface area (TPSA) is 35.2 Å². The van der Waals surface area contributed by atoms with E-state index in [1.54, 1.807) is 6.07 Å². The van der Waals surface area contributed by atoms with Gasteiger partial charge in [-0.3, -0.25) is 0 Å². The maximum Gasteiger partial charge on any atom is 0.123 e. The van der Waals surface area contributed by atoms with E-state index in [-0.39, 0.29) is 11.9 Å². The van der Waals surface area contributed by atoms with Gasteiger partial charge >= 0.3 is 0 Å². The van der Waals surface area contributed by atoms with E-state index >= 15 is 0 Å². The molecule has 2 rings (SSSR count). The molecular formula is C18H22FNO. The van der Waals surface area contributed by atoms with Crippen molar-refractivity contribution in [2.45, 2.75) is 39.3 Å². The summed E-state index contributed by atoms with van der Waals surface area (Å²) in [5, 5.41) is 0. The predicted molar refractivity (Wildman–Crippen MR) is 83.9 cm³/mol. The molecule has 3 heteroatoms. The number of halogens is 1. The second-order valence-corrected chi connectivity index (χ2v) is 5.52. The number of aryl methyl sites for hydroxylation is 2. The Hall–Kier alpha value is -1.87. The molecule has 0 saturated carbocycles. The molecule has 2 aromatic carbocycles. The molecule has 0 amide bonds. The molecule has 2 nitrogen and oxygen atoms in total. The minimum Gasteiger partial charge on any atom is -0.489 e. The number of ether oxygens (including phenoxy) is 1. The lowest BCUT2D eigenvalue weighted by Crippen LogP contribution is -2.15. The van der Waals surface area contributed by atoms with Crippen molar-refractivity contribution in [3.8, 4) is 5.75 Å². The van der Waals surface area contributed by atoms with Gasteiger partial charge in [-0.05, 0) is 67.6 Å². The number of rotatable bonds is 6. The molecule has 21 heavy (non-hydrogen) atoms. The van der Waals surface area contributed by atoms with E-state index in [1.165, 1.54) is 17.7 Å². The summed E-state index contributed by atoms with van der Waals surface area (Å²) in [5.41, 5.74) is 8.92. The Balaban J connectivity index is 1.91. The van der Waals surface area contributed by atoms with Crippen LogP contribution in [0.25, 0.3) is 0 Å². The van der Waals surface area contributed by atoms with Crippen molar-refractivity contribution in [2.24, 2.45) is 5.73 Å². The van der Waals surface area contributed by atoms with Gasteiger partial charge in [-0.2, -0.15) is 0 Å². The van der Waals surface area contributed by atoms with Gasteiger partial charge in [0.15, 0.2) is 0 Å². The highest BCUT2D eigenvalue weighted by Crippen LogP contribution is 2.17. The number of hydrogen-bond donors (Lipinski definition) is 1. The Morgan fingerprint density at radius 1 is 1.14 bits per heavy atom. The average Bonchev–Trinajstić information content (AvgIpc) is 2.45. The number of hydrogen-bond acceptors (Lipinski definition) is 2. The zero-order valence-corrected chi connectivity index (χ0v) is 12.6. The smallest absolute Gasteiger partial charge is 0.123 e. The Kier molecular flexibility index (Phi) is 5.34. The molecule has 0 aliphatic rings. The summed E-state index contributed by atoms with van der Waals surface area (Å²) in [6.45, 7) is 4.35. The molecule has 0 spiro atoms. The van der Waals surface area contributed by atoms with Crippen LogP contribution < -0.4 is 10.5 Å². The van der Waals surface area contributed by atoms with Crippen LogP contribution >= 0.6 is 0 Å².